The van der Waals surface area contributed by atoms with Crippen LogP contribution in [0, 0.1) is 5.92 Å². The molecular formula is C20H21Cl2N3Sn. The van der Waals surface area contributed by atoms with E-state index in [2.05, 4.69) is 27.7 Å². The van der Waals surface area contributed by atoms with Crippen LogP contribution in [0.15, 0.2) is 52.8 Å². The summed E-state index contributed by atoms with van der Waals surface area (Å²) in [5.74, 6) is 0.641. The first-order valence-electron chi connectivity index (χ1n) is 9.01. The summed E-state index contributed by atoms with van der Waals surface area (Å²) in [5, 5.41) is 8.36. The molecular weight excluding hydrogens is 472 g/mol. The molecule has 3 aliphatic heterocycles. The van der Waals surface area contributed by atoms with Gasteiger partial charge in [-0.3, -0.25) is 4.90 Å². The van der Waals surface area contributed by atoms with Gasteiger partial charge in [0.1, 0.15) is 0 Å². The molecule has 0 bridgehead atoms. The van der Waals surface area contributed by atoms with Crippen molar-refractivity contribution in [1.82, 2.24) is 10.2 Å². The molecule has 4 radical (unpaired) electrons. The molecule has 5 rings (SSSR count). The van der Waals surface area contributed by atoms with Gasteiger partial charge in [-0.05, 0) is 60.4 Å². The first-order valence-corrected chi connectivity index (χ1v) is 9.77. The second kappa shape index (κ2) is 7.51. The van der Waals surface area contributed by atoms with Crippen molar-refractivity contribution in [1.29, 1.82) is 0 Å². The number of allylic oxidation sites excluding steroid dienone is 2. The van der Waals surface area contributed by atoms with Gasteiger partial charge < -0.3 is 10.6 Å². The summed E-state index contributed by atoms with van der Waals surface area (Å²) in [6.45, 7) is 4.50. The van der Waals surface area contributed by atoms with Crippen LogP contribution in [-0.2, 0) is 0 Å². The number of anilines is 1. The molecule has 2 saturated heterocycles. The Morgan fingerprint density at radius 2 is 2.04 bits per heavy atom. The number of rotatable bonds is 2. The average molecular weight is 493 g/mol. The average Bonchev–Trinajstić information content (AvgIpc) is 3.08. The number of nitrogens with zero attached hydrogens (tertiary/aromatic N) is 1. The van der Waals surface area contributed by atoms with Crippen LogP contribution in [0.1, 0.15) is 12.8 Å². The van der Waals surface area contributed by atoms with E-state index in [0.717, 1.165) is 18.8 Å². The minimum absolute atomic E-state index is 0. The van der Waals surface area contributed by atoms with E-state index in [1.165, 1.54) is 37.2 Å². The molecule has 1 aromatic rings. The van der Waals surface area contributed by atoms with Crippen LogP contribution in [0.2, 0.25) is 10.0 Å². The number of nitrogens with one attached hydrogen (secondary N) is 2. The van der Waals surface area contributed by atoms with E-state index >= 15 is 0 Å². The first-order chi connectivity index (χ1) is 12.2. The van der Waals surface area contributed by atoms with Crippen molar-refractivity contribution in [3.63, 3.8) is 0 Å². The SMILES string of the molecule is Clc1ccc(NC2=CC=C3CCCN4C[C@@H]5CNCC5=C2[C@@H]34)cc1Cl.[Sn]. The summed E-state index contributed by atoms with van der Waals surface area (Å²) in [5.41, 5.74) is 6.85. The third-order valence-electron chi connectivity index (χ3n) is 5.85. The third-order valence-corrected chi connectivity index (χ3v) is 6.59. The van der Waals surface area contributed by atoms with E-state index in [1.54, 1.807) is 11.1 Å². The predicted octanol–water partition coefficient (Wildman–Crippen LogP) is 3.84. The van der Waals surface area contributed by atoms with Gasteiger partial charge in [0.25, 0.3) is 0 Å². The Morgan fingerprint density at radius 1 is 1.15 bits per heavy atom. The Kier molecular flexibility index (Phi) is 5.46. The maximum atomic E-state index is 6.20. The van der Waals surface area contributed by atoms with Crippen LogP contribution < -0.4 is 10.6 Å². The molecule has 1 aromatic carbocycles. The van der Waals surface area contributed by atoms with E-state index in [0.29, 0.717) is 22.0 Å². The molecule has 3 nitrogen and oxygen atoms in total. The van der Waals surface area contributed by atoms with Gasteiger partial charge in [-0.15, -0.1) is 0 Å². The van der Waals surface area contributed by atoms with Gasteiger partial charge in [0.05, 0.1) is 16.1 Å². The largest absolute Gasteiger partial charge is 0.355 e. The maximum absolute atomic E-state index is 6.20. The van der Waals surface area contributed by atoms with E-state index in [4.69, 9.17) is 23.2 Å². The molecule has 0 unspecified atom stereocenters. The normalized spacial score (nSPS) is 27.2. The van der Waals surface area contributed by atoms with E-state index in [9.17, 15) is 0 Å². The summed E-state index contributed by atoms with van der Waals surface area (Å²) >= 11 is 12.3. The number of halogens is 2. The van der Waals surface area contributed by atoms with Crippen molar-refractivity contribution in [2.24, 2.45) is 5.92 Å². The van der Waals surface area contributed by atoms with E-state index in [1.807, 2.05) is 18.2 Å². The minimum Gasteiger partial charge on any atom is -0.355 e. The van der Waals surface area contributed by atoms with Crippen molar-refractivity contribution in [2.75, 3.05) is 31.5 Å². The minimum atomic E-state index is 0. The molecule has 6 heteroatoms. The maximum Gasteiger partial charge on any atom is 0.0612 e. The van der Waals surface area contributed by atoms with Gasteiger partial charge >= 0.3 is 0 Å². The monoisotopic (exact) mass is 493 g/mol. The van der Waals surface area contributed by atoms with Gasteiger partial charge in [-0.25, -0.2) is 0 Å². The van der Waals surface area contributed by atoms with Gasteiger partial charge in [-0.2, -0.15) is 0 Å². The topological polar surface area (TPSA) is 27.3 Å². The summed E-state index contributed by atoms with van der Waals surface area (Å²) in [7, 11) is 0. The Bertz CT molecular complexity index is 830. The number of piperidine rings is 1. The van der Waals surface area contributed by atoms with Crippen LogP contribution in [0.4, 0.5) is 5.69 Å². The molecule has 0 amide bonds. The van der Waals surface area contributed by atoms with Crippen LogP contribution in [0.3, 0.4) is 0 Å². The number of hydrogen-bond donors (Lipinski definition) is 2. The fourth-order valence-electron chi connectivity index (χ4n) is 4.76. The zero-order chi connectivity index (χ0) is 17.0. The second-order valence-corrected chi connectivity index (χ2v) is 8.16. The van der Waals surface area contributed by atoms with E-state index in [-0.39, 0.29) is 23.9 Å². The third kappa shape index (κ3) is 3.16. The molecule has 0 saturated carbocycles. The van der Waals surface area contributed by atoms with Gasteiger partial charge in [-0.1, -0.05) is 29.3 Å². The zero-order valence-corrected chi connectivity index (χ0v) is 18.9. The molecule has 26 heavy (non-hydrogen) atoms. The van der Waals surface area contributed by atoms with Crippen LogP contribution in [0.25, 0.3) is 0 Å². The molecule has 134 valence electrons. The quantitative estimate of drug-likeness (QED) is 0.614. The fourth-order valence-corrected chi connectivity index (χ4v) is 5.06. The number of fused-ring (bicyclic) bond motifs is 1. The van der Waals surface area contributed by atoms with Gasteiger partial charge in [0.15, 0.2) is 0 Å². The van der Waals surface area contributed by atoms with Gasteiger partial charge in [0, 0.05) is 60.8 Å². The summed E-state index contributed by atoms with van der Waals surface area (Å²) in [6.07, 6.45) is 7.06. The molecule has 2 atom stereocenters. The summed E-state index contributed by atoms with van der Waals surface area (Å²) in [6, 6.07) is 6.20. The Hall–Kier alpha value is -0.461. The van der Waals surface area contributed by atoms with Crippen LogP contribution in [-0.4, -0.2) is 61.0 Å². The number of hydrogen-bond acceptors (Lipinski definition) is 3. The van der Waals surface area contributed by atoms with Crippen LogP contribution in [0.5, 0.6) is 0 Å². The fraction of sp³-hybridized carbons (Fsp3) is 0.400. The Labute approximate surface area is 181 Å². The van der Waals surface area contributed by atoms with Crippen molar-refractivity contribution < 1.29 is 0 Å². The first kappa shape index (κ1) is 18.9. The van der Waals surface area contributed by atoms with Crippen molar-refractivity contribution in [2.45, 2.75) is 18.9 Å². The molecule has 3 heterocycles. The summed E-state index contributed by atoms with van der Waals surface area (Å²) in [4.78, 5) is 2.68. The smallest absolute Gasteiger partial charge is 0.0612 e. The molecule has 2 N–H and O–H groups in total. The van der Waals surface area contributed by atoms with Crippen molar-refractivity contribution >= 4 is 52.8 Å². The molecule has 1 aliphatic carbocycles. The second-order valence-electron chi connectivity index (χ2n) is 7.34. The molecule has 4 aliphatic rings. The Morgan fingerprint density at radius 3 is 2.88 bits per heavy atom. The van der Waals surface area contributed by atoms with Crippen LogP contribution >= 0.6 is 23.2 Å². The Balaban J connectivity index is 0.00000168. The predicted molar refractivity (Wildman–Crippen MR) is 110 cm³/mol. The molecule has 2 fully saturated rings. The van der Waals surface area contributed by atoms with Crippen molar-refractivity contribution in [3.8, 4) is 0 Å². The number of benzene rings is 1. The summed E-state index contributed by atoms with van der Waals surface area (Å²) < 4.78 is 0. The molecule has 0 aromatic heterocycles. The zero-order valence-electron chi connectivity index (χ0n) is 14.5. The standard InChI is InChI=1S/C20H21Cl2N3.Sn/c21-16-5-4-14(8-17(16)22)24-18-6-3-12-2-1-7-25-11-13-9-23-10-15(13)19(18)20(12)25;/h3-6,8,13,20,23-24H,1-2,7,9-11H2;/t13-,20+;/m0./s1. The van der Waals surface area contributed by atoms with Gasteiger partial charge in [0.2, 0.25) is 0 Å². The molecule has 0 spiro atoms. The van der Waals surface area contributed by atoms with E-state index < -0.39 is 0 Å². The van der Waals surface area contributed by atoms with Crippen molar-refractivity contribution in [3.05, 3.63) is 62.8 Å².